The van der Waals surface area contributed by atoms with Crippen molar-refractivity contribution in [3.8, 4) is 11.8 Å². The van der Waals surface area contributed by atoms with E-state index in [0.717, 1.165) is 12.1 Å². The summed E-state index contributed by atoms with van der Waals surface area (Å²) in [5.74, 6) is 5.86. The van der Waals surface area contributed by atoms with E-state index in [1.54, 1.807) is 27.8 Å². The van der Waals surface area contributed by atoms with Crippen LogP contribution in [0.4, 0.5) is 18.0 Å². The first-order chi connectivity index (χ1) is 13.0. The van der Waals surface area contributed by atoms with Gasteiger partial charge in [0.2, 0.25) is 0 Å². The molecule has 0 aliphatic rings. The Hall–Kier alpha value is -2.89. The zero-order chi connectivity index (χ0) is 21.2. The number of carbonyl (C=O) groups excluding carboxylic acids is 1. The molecule has 9 heteroatoms. The van der Waals surface area contributed by atoms with Crippen LogP contribution >= 0.6 is 0 Å². The molecule has 1 aromatic rings. The SMILES string of the molecule is CN=C(NCC#Cc1cccc(C(F)(F)F)c1)NCCNC(=O)OC(C)(C)C. The predicted molar refractivity (Wildman–Crippen MR) is 102 cm³/mol. The number of alkyl carbamates (subject to hydrolysis) is 1. The maximum atomic E-state index is 12.7. The smallest absolute Gasteiger partial charge is 0.416 e. The minimum atomic E-state index is -4.39. The van der Waals surface area contributed by atoms with E-state index in [0.29, 0.717) is 19.0 Å². The highest BCUT2D eigenvalue weighted by Gasteiger charge is 2.30. The molecule has 1 amide bonds. The Kier molecular flexibility index (Phi) is 8.64. The Labute approximate surface area is 162 Å². The molecule has 1 aromatic carbocycles. The van der Waals surface area contributed by atoms with Gasteiger partial charge < -0.3 is 20.7 Å². The van der Waals surface area contributed by atoms with Crippen LogP contribution in [-0.2, 0) is 10.9 Å². The number of aliphatic imine (C=N–C) groups is 1. The third-order valence-corrected chi connectivity index (χ3v) is 3.08. The molecule has 6 nitrogen and oxygen atoms in total. The Morgan fingerprint density at radius 1 is 1.14 bits per heavy atom. The van der Waals surface area contributed by atoms with Gasteiger partial charge in [-0.15, -0.1) is 0 Å². The monoisotopic (exact) mass is 398 g/mol. The van der Waals surface area contributed by atoms with E-state index in [4.69, 9.17) is 4.74 Å². The van der Waals surface area contributed by atoms with Crippen molar-refractivity contribution in [2.24, 2.45) is 4.99 Å². The largest absolute Gasteiger partial charge is 0.444 e. The van der Waals surface area contributed by atoms with Gasteiger partial charge in [0.15, 0.2) is 5.96 Å². The summed E-state index contributed by atoms with van der Waals surface area (Å²) in [6.45, 7) is 6.24. The third kappa shape index (κ3) is 9.71. The molecule has 0 fully saturated rings. The van der Waals surface area contributed by atoms with Crippen molar-refractivity contribution in [2.75, 3.05) is 26.7 Å². The van der Waals surface area contributed by atoms with Crippen molar-refractivity contribution in [3.05, 3.63) is 35.4 Å². The lowest BCUT2D eigenvalue weighted by molar-refractivity contribution is -0.137. The van der Waals surface area contributed by atoms with Crippen LogP contribution in [0, 0.1) is 11.8 Å². The summed E-state index contributed by atoms with van der Waals surface area (Å²) in [4.78, 5) is 15.5. The number of halogens is 3. The molecule has 0 aliphatic carbocycles. The molecule has 1 rings (SSSR count). The molecule has 0 saturated heterocycles. The number of carbonyl (C=O) groups is 1. The Morgan fingerprint density at radius 2 is 1.82 bits per heavy atom. The fraction of sp³-hybridized carbons (Fsp3) is 0.474. The van der Waals surface area contributed by atoms with E-state index in [2.05, 4.69) is 32.8 Å². The highest BCUT2D eigenvalue weighted by atomic mass is 19.4. The van der Waals surface area contributed by atoms with Crippen molar-refractivity contribution >= 4 is 12.1 Å². The lowest BCUT2D eigenvalue weighted by Crippen LogP contribution is -2.42. The van der Waals surface area contributed by atoms with Gasteiger partial charge in [0.05, 0.1) is 12.1 Å². The molecule has 154 valence electrons. The summed E-state index contributed by atoms with van der Waals surface area (Å²) in [7, 11) is 1.57. The van der Waals surface area contributed by atoms with E-state index in [-0.39, 0.29) is 12.1 Å². The Morgan fingerprint density at radius 3 is 2.43 bits per heavy atom. The highest BCUT2D eigenvalue weighted by molar-refractivity contribution is 5.80. The van der Waals surface area contributed by atoms with Crippen LogP contribution in [0.1, 0.15) is 31.9 Å². The summed E-state index contributed by atoms with van der Waals surface area (Å²) in [5.41, 5.74) is -1.02. The second-order valence-corrected chi connectivity index (χ2v) is 6.66. The third-order valence-electron chi connectivity index (χ3n) is 3.08. The van der Waals surface area contributed by atoms with Crippen LogP contribution in [0.15, 0.2) is 29.3 Å². The number of guanidine groups is 1. The number of nitrogens with one attached hydrogen (secondary N) is 3. The van der Waals surface area contributed by atoms with Crippen LogP contribution in [0.5, 0.6) is 0 Å². The maximum absolute atomic E-state index is 12.7. The molecule has 0 atom stereocenters. The number of nitrogens with zero attached hydrogens (tertiary/aromatic N) is 1. The van der Waals surface area contributed by atoms with Gasteiger partial charge in [-0.05, 0) is 39.0 Å². The number of alkyl halides is 3. The average molecular weight is 398 g/mol. The topological polar surface area (TPSA) is 74.8 Å². The molecule has 0 spiro atoms. The van der Waals surface area contributed by atoms with Gasteiger partial charge in [-0.2, -0.15) is 13.2 Å². The molecule has 3 N–H and O–H groups in total. The predicted octanol–water partition coefficient (Wildman–Crippen LogP) is 2.75. The number of hydrogen-bond donors (Lipinski definition) is 3. The van der Waals surface area contributed by atoms with Gasteiger partial charge in [-0.1, -0.05) is 17.9 Å². The zero-order valence-corrected chi connectivity index (χ0v) is 16.3. The minimum Gasteiger partial charge on any atom is -0.444 e. The molecular weight excluding hydrogens is 373 g/mol. The standard InChI is InChI=1S/C19H25F3N4O2/c1-18(2,3)28-17(27)26-12-11-25-16(23-4)24-10-6-8-14-7-5-9-15(13-14)19(20,21)22/h5,7,9,13H,10-12H2,1-4H3,(H,26,27)(H2,23,24,25). The average Bonchev–Trinajstić information content (AvgIpc) is 2.58. The zero-order valence-electron chi connectivity index (χ0n) is 16.3. The summed E-state index contributed by atoms with van der Waals surface area (Å²) < 4.78 is 43.1. The van der Waals surface area contributed by atoms with Crippen LogP contribution in [0.25, 0.3) is 0 Å². The molecule has 0 aromatic heterocycles. The second-order valence-electron chi connectivity index (χ2n) is 6.66. The van der Waals surface area contributed by atoms with Crippen LogP contribution in [-0.4, -0.2) is 44.3 Å². The van der Waals surface area contributed by atoms with Crippen molar-refractivity contribution in [2.45, 2.75) is 32.5 Å². The number of hydrogen-bond acceptors (Lipinski definition) is 3. The van der Waals surface area contributed by atoms with E-state index in [9.17, 15) is 18.0 Å². The van der Waals surface area contributed by atoms with Gasteiger partial charge in [0.1, 0.15) is 5.60 Å². The summed E-state index contributed by atoms with van der Waals surface area (Å²) in [6.07, 6.45) is -4.90. The van der Waals surface area contributed by atoms with Gasteiger partial charge in [-0.3, -0.25) is 4.99 Å². The lowest BCUT2D eigenvalue weighted by Gasteiger charge is -2.19. The van der Waals surface area contributed by atoms with E-state index < -0.39 is 23.4 Å². The molecule has 0 radical (unpaired) electrons. The molecule has 0 bridgehead atoms. The number of ether oxygens (including phenoxy) is 1. The van der Waals surface area contributed by atoms with Crippen molar-refractivity contribution in [1.82, 2.24) is 16.0 Å². The first-order valence-corrected chi connectivity index (χ1v) is 8.59. The van der Waals surface area contributed by atoms with Crippen molar-refractivity contribution < 1.29 is 22.7 Å². The molecular formula is C19H25F3N4O2. The van der Waals surface area contributed by atoms with Crippen molar-refractivity contribution in [1.29, 1.82) is 0 Å². The Bertz CT molecular complexity index is 744. The fourth-order valence-corrected chi connectivity index (χ4v) is 1.93. The lowest BCUT2D eigenvalue weighted by atomic mass is 10.1. The van der Waals surface area contributed by atoms with Gasteiger partial charge in [0, 0.05) is 25.7 Å². The van der Waals surface area contributed by atoms with Gasteiger partial charge in [0.25, 0.3) is 0 Å². The normalized spacial score (nSPS) is 11.9. The van der Waals surface area contributed by atoms with Crippen LogP contribution in [0.3, 0.4) is 0 Å². The molecule has 0 heterocycles. The molecule has 28 heavy (non-hydrogen) atoms. The highest BCUT2D eigenvalue weighted by Crippen LogP contribution is 2.29. The van der Waals surface area contributed by atoms with Gasteiger partial charge >= 0.3 is 12.3 Å². The molecule has 0 saturated carbocycles. The molecule has 0 unspecified atom stereocenters. The molecule has 0 aliphatic heterocycles. The van der Waals surface area contributed by atoms with Gasteiger partial charge in [-0.25, -0.2) is 4.79 Å². The summed E-state index contributed by atoms with van der Waals surface area (Å²) >= 11 is 0. The summed E-state index contributed by atoms with van der Waals surface area (Å²) in [5, 5.41) is 8.48. The Balaban J connectivity index is 2.38. The van der Waals surface area contributed by atoms with Crippen LogP contribution < -0.4 is 16.0 Å². The number of rotatable bonds is 4. The summed E-state index contributed by atoms with van der Waals surface area (Å²) in [6, 6.07) is 4.83. The first kappa shape index (κ1) is 23.1. The number of amides is 1. The number of benzene rings is 1. The van der Waals surface area contributed by atoms with E-state index in [1.165, 1.54) is 12.1 Å². The fourth-order valence-electron chi connectivity index (χ4n) is 1.93. The first-order valence-electron chi connectivity index (χ1n) is 8.59. The second kappa shape index (κ2) is 10.4. The minimum absolute atomic E-state index is 0.190. The maximum Gasteiger partial charge on any atom is 0.416 e. The quantitative estimate of drug-likeness (QED) is 0.316. The van der Waals surface area contributed by atoms with Crippen LogP contribution in [0.2, 0.25) is 0 Å². The van der Waals surface area contributed by atoms with E-state index in [1.807, 2.05) is 0 Å². The van der Waals surface area contributed by atoms with E-state index >= 15 is 0 Å². The van der Waals surface area contributed by atoms with Crippen molar-refractivity contribution in [3.63, 3.8) is 0 Å².